The molecule has 0 spiro atoms. The molecule has 1 aromatic carbocycles. The van der Waals surface area contributed by atoms with E-state index in [4.69, 9.17) is 11.6 Å². The molecule has 23 heavy (non-hydrogen) atoms. The summed E-state index contributed by atoms with van der Waals surface area (Å²) >= 11 is 5.92. The summed E-state index contributed by atoms with van der Waals surface area (Å²) in [5, 5.41) is 4.31. The number of hydrogen-bond donors (Lipinski definition) is 1. The second-order valence-corrected chi connectivity index (χ2v) is 7.26. The lowest BCUT2D eigenvalue weighted by Crippen LogP contribution is -2.46. The molecule has 2 aliphatic rings. The molecule has 2 heterocycles. The molecule has 0 bridgehead atoms. The molecule has 0 atom stereocenters. The third kappa shape index (κ3) is 4.39. The number of likely N-dealkylation sites (tertiary alicyclic amines) is 2. The summed E-state index contributed by atoms with van der Waals surface area (Å²) in [6.07, 6.45) is 4.05. The molecule has 126 valence electrons. The maximum Gasteiger partial charge on any atom is 0.225 e. The van der Waals surface area contributed by atoms with Crippen LogP contribution in [-0.2, 0) is 4.79 Å². The maximum atomic E-state index is 12.6. The van der Waals surface area contributed by atoms with E-state index in [2.05, 4.69) is 22.2 Å². The van der Waals surface area contributed by atoms with Gasteiger partial charge in [-0.1, -0.05) is 11.6 Å². The molecule has 1 N–H and O–H groups in total. The van der Waals surface area contributed by atoms with Gasteiger partial charge in [0.15, 0.2) is 0 Å². The normalized spacial score (nSPS) is 21.4. The molecular formula is C18H26ClN3O. The maximum absolute atomic E-state index is 12.6. The van der Waals surface area contributed by atoms with E-state index in [-0.39, 0.29) is 5.92 Å². The first-order valence-corrected chi connectivity index (χ1v) is 8.99. The smallest absolute Gasteiger partial charge is 0.225 e. The fourth-order valence-corrected chi connectivity index (χ4v) is 3.67. The van der Waals surface area contributed by atoms with Gasteiger partial charge in [0.25, 0.3) is 0 Å². The van der Waals surface area contributed by atoms with Crippen LogP contribution in [0.3, 0.4) is 0 Å². The van der Waals surface area contributed by atoms with Gasteiger partial charge in [-0.25, -0.2) is 0 Å². The zero-order valence-corrected chi connectivity index (χ0v) is 14.6. The number of halogens is 1. The first-order chi connectivity index (χ1) is 11.1. The second-order valence-electron chi connectivity index (χ2n) is 6.83. The lowest BCUT2D eigenvalue weighted by molar-refractivity contribution is -0.137. The Balaban J connectivity index is 1.46. The van der Waals surface area contributed by atoms with Gasteiger partial charge >= 0.3 is 0 Å². The number of piperidine rings is 2. The Morgan fingerprint density at radius 2 is 1.65 bits per heavy atom. The number of nitrogens with zero attached hydrogens (tertiary/aromatic N) is 2. The summed E-state index contributed by atoms with van der Waals surface area (Å²) in [5.74, 6) is 0.620. The van der Waals surface area contributed by atoms with Gasteiger partial charge in [0.1, 0.15) is 0 Å². The Morgan fingerprint density at radius 3 is 2.26 bits per heavy atom. The van der Waals surface area contributed by atoms with E-state index in [1.807, 2.05) is 24.3 Å². The van der Waals surface area contributed by atoms with Crippen molar-refractivity contribution in [3.8, 4) is 0 Å². The zero-order valence-electron chi connectivity index (χ0n) is 13.8. The molecule has 4 nitrogen and oxygen atoms in total. The molecule has 2 saturated heterocycles. The number of rotatable bonds is 3. The number of carbonyl (C=O) groups excluding carboxylic acids is 1. The van der Waals surface area contributed by atoms with Crippen LogP contribution in [0.4, 0.5) is 5.69 Å². The Labute approximate surface area is 143 Å². The summed E-state index contributed by atoms with van der Waals surface area (Å²) < 4.78 is 0. The molecule has 0 unspecified atom stereocenters. The van der Waals surface area contributed by atoms with Crippen molar-refractivity contribution in [1.29, 1.82) is 0 Å². The molecule has 0 radical (unpaired) electrons. The number of nitrogens with one attached hydrogen (secondary N) is 1. The van der Waals surface area contributed by atoms with Crippen molar-refractivity contribution in [2.24, 2.45) is 5.92 Å². The van der Waals surface area contributed by atoms with Crippen LogP contribution < -0.4 is 5.32 Å². The predicted molar refractivity (Wildman–Crippen MR) is 94.9 cm³/mol. The molecule has 2 fully saturated rings. The summed E-state index contributed by atoms with van der Waals surface area (Å²) in [5.41, 5.74) is 1.11. The van der Waals surface area contributed by atoms with E-state index in [1.165, 1.54) is 0 Å². The summed E-state index contributed by atoms with van der Waals surface area (Å²) in [6.45, 7) is 3.84. The van der Waals surface area contributed by atoms with E-state index in [9.17, 15) is 4.79 Å². The highest BCUT2D eigenvalue weighted by Crippen LogP contribution is 2.23. The van der Waals surface area contributed by atoms with Crippen molar-refractivity contribution >= 4 is 23.2 Å². The van der Waals surface area contributed by atoms with Gasteiger partial charge < -0.3 is 15.1 Å². The van der Waals surface area contributed by atoms with Crippen LogP contribution in [0.1, 0.15) is 25.7 Å². The van der Waals surface area contributed by atoms with E-state index >= 15 is 0 Å². The zero-order chi connectivity index (χ0) is 16.2. The first kappa shape index (κ1) is 16.6. The Hall–Kier alpha value is -1.26. The molecule has 3 rings (SSSR count). The molecule has 0 aliphatic carbocycles. The highest BCUT2D eigenvalue weighted by molar-refractivity contribution is 6.30. The summed E-state index contributed by atoms with van der Waals surface area (Å²) in [7, 11) is 2.13. The fraction of sp³-hybridized carbons (Fsp3) is 0.611. The monoisotopic (exact) mass is 335 g/mol. The first-order valence-electron chi connectivity index (χ1n) is 8.61. The minimum Gasteiger partial charge on any atom is -0.382 e. The van der Waals surface area contributed by atoms with Gasteiger partial charge in [-0.15, -0.1) is 0 Å². The molecule has 5 heteroatoms. The molecule has 1 amide bonds. The van der Waals surface area contributed by atoms with Crippen LogP contribution in [0.5, 0.6) is 0 Å². The largest absolute Gasteiger partial charge is 0.382 e. The number of hydrogen-bond acceptors (Lipinski definition) is 3. The van der Waals surface area contributed by atoms with Gasteiger partial charge in [0.2, 0.25) is 5.91 Å². The topological polar surface area (TPSA) is 35.6 Å². The van der Waals surface area contributed by atoms with E-state index < -0.39 is 0 Å². The van der Waals surface area contributed by atoms with Gasteiger partial charge in [-0.3, -0.25) is 4.79 Å². The number of amides is 1. The third-order valence-corrected chi connectivity index (χ3v) is 5.34. The van der Waals surface area contributed by atoms with Crippen LogP contribution in [0.25, 0.3) is 0 Å². The molecule has 0 saturated carbocycles. The minimum atomic E-state index is 0.243. The highest BCUT2D eigenvalue weighted by Gasteiger charge is 2.30. The van der Waals surface area contributed by atoms with Crippen LogP contribution in [-0.4, -0.2) is 55.0 Å². The van der Waals surface area contributed by atoms with Crippen LogP contribution in [0, 0.1) is 5.92 Å². The van der Waals surface area contributed by atoms with Crippen molar-refractivity contribution in [2.45, 2.75) is 31.7 Å². The van der Waals surface area contributed by atoms with Gasteiger partial charge in [0, 0.05) is 35.8 Å². The van der Waals surface area contributed by atoms with E-state index in [0.29, 0.717) is 11.9 Å². The summed E-state index contributed by atoms with van der Waals surface area (Å²) in [4.78, 5) is 17.0. The van der Waals surface area contributed by atoms with Crippen LogP contribution in [0.2, 0.25) is 5.02 Å². The fourth-order valence-electron chi connectivity index (χ4n) is 3.54. The second kappa shape index (κ2) is 7.54. The van der Waals surface area contributed by atoms with Crippen LogP contribution >= 0.6 is 11.6 Å². The quantitative estimate of drug-likeness (QED) is 0.922. The van der Waals surface area contributed by atoms with Crippen molar-refractivity contribution < 1.29 is 4.79 Å². The van der Waals surface area contributed by atoms with Crippen molar-refractivity contribution in [2.75, 3.05) is 38.5 Å². The SMILES string of the molecule is CN1CCC(C(=O)N2CCC(Nc3ccc(Cl)cc3)CC2)CC1. The standard InChI is InChI=1S/C18H26ClN3O/c1-21-10-6-14(7-11-21)18(23)22-12-8-17(9-13-22)20-16-4-2-15(19)3-5-16/h2-5,14,17,20H,6-13H2,1H3. The third-order valence-electron chi connectivity index (χ3n) is 5.09. The average molecular weight is 336 g/mol. The molecule has 1 aromatic rings. The lowest BCUT2D eigenvalue weighted by Gasteiger charge is -2.37. The Kier molecular flexibility index (Phi) is 5.44. The van der Waals surface area contributed by atoms with Gasteiger partial charge in [0.05, 0.1) is 0 Å². The van der Waals surface area contributed by atoms with Crippen molar-refractivity contribution in [3.63, 3.8) is 0 Å². The molecule has 0 aromatic heterocycles. The van der Waals surface area contributed by atoms with Gasteiger partial charge in [-0.2, -0.15) is 0 Å². The number of anilines is 1. The Bertz CT molecular complexity index is 518. The van der Waals surface area contributed by atoms with Crippen molar-refractivity contribution in [3.05, 3.63) is 29.3 Å². The molecular weight excluding hydrogens is 310 g/mol. The van der Waals surface area contributed by atoms with Gasteiger partial charge in [-0.05, 0) is 70.1 Å². The number of carbonyl (C=O) groups is 1. The predicted octanol–water partition coefficient (Wildman–Crippen LogP) is 3.08. The Morgan fingerprint density at radius 1 is 1.04 bits per heavy atom. The van der Waals surface area contributed by atoms with E-state index in [0.717, 1.165) is 62.6 Å². The summed E-state index contributed by atoms with van der Waals surface area (Å²) in [6, 6.07) is 8.28. The number of benzene rings is 1. The van der Waals surface area contributed by atoms with Crippen molar-refractivity contribution in [1.82, 2.24) is 9.80 Å². The molecule has 2 aliphatic heterocycles. The van der Waals surface area contributed by atoms with Crippen LogP contribution in [0.15, 0.2) is 24.3 Å². The highest BCUT2D eigenvalue weighted by atomic mass is 35.5. The minimum absolute atomic E-state index is 0.243. The lowest BCUT2D eigenvalue weighted by atomic mass is 9.94. The van der Waals surface area contributed by atoms with E-state index in [1.54, 1.807) is 0 Å². The average Bonchev–Trinajstić information content (AvgIpc) is 2.58.